The highest BCUT2D eigenvalue weighted by Crippen LogP contribution is 2.34. The second-order valence-corrected chi connectivity index (χ2v) is 4.39. The van der Waals surface area contributed by atoms with Crippen LogP contribution in [0.25, 0.3) is 0 Å². The Morgan fingerprint density at radius 1 is 1.36 bits per heavy atom. The summed E-state index contributed by atoms with van der Waals surface area (Å²) in [5.41, 5.74) is 0. The molecule has 1 rings (SSSR count). The van der Waals surface area contributed by atoms with Gasteiger partial charge in [0.25, 0.3) is 0 Å². The second kappa shape index (κ2) is 7.24. The van der Waals surface area contributed by atoms with Gasteiger partial charge < -0.3 is 10.1 Å². The molecule has 0 heterocycles. The van der Waals surface area contributed by atoms with Gasteiger partial charge in [0.1, 0.15) is 0 Å². The molecule has 0 spiro atoms. The Morgan fingerprint density at radius 2 is 2.14 bits per heavy atom. The molecule has 0 radical (unpaired) electrons. The van der Waals surface area contributed by atoms with Crippen LogP contribution in [0.15, 0.2) is 0 Å². The highest BCUT2D eigenvalue weighted by atomic mass is 16.5. The predicted octanol–water partition coefficient (Wildman–Crippen LogP) is 2.58. The van der Waals surface area contributed by atoms with Gasteiger partial charge in [-0.3, -0.25) is 0 Å². The maximum absolute atomic E-state index is 5.06. The van der Waals surface area contributed by atoms with E-state index in [4.69, 9.17) is 4.74 Å². The van der Waals surface area contributed by atoms with Gasteiger partial charge >= 0.3 is 0 Å². The van der Waals surface area contributed by atoms with E-state index in [1.807, 2.05) is 0 Å². The lowest BCUT2D eigenvalue weighted by molar-refractivity contribution is 0.190. The molecule has 0 aromatic carbocycles. The third kappa shape index (κ3) is 4.97. The molecule has 0 aromatic rings. The van der Waals surface area contributed by atoms with Crippen LogP contribution in [0.5, 0.6) is 0 Å². The van der Waals surface area contributed by atoms with E-state index in [1.165, 1.54) is 45.1 Å². The fraction of sp³-hybridized carbons (Fsp3) is 1.00. The van der Waals surface area contributed by atoms with E-state index in [-0.39, 0.29) is 0 Å². The predicted molar refractivity (Wildman–Crippen MR) is 60.5 cm³/mol. The van der Waals surface area contributed by atoms with Crippen molar-refractivity contribution in [1.29, 1.82) is 0 Å². The molecule has 84 valence electrons. The molecular weight excluding hydrogens is 174 g/mol. The van der Waals surface area contributed by atoms with E-state index < -0.39 is 0 Å². The Balaban J connectivity index is 2.02. The number of rotatable bonds is 9. The van der Waals surface area contributed by atoms with Crippen molar-refractivity contribution in [3.63, 3.8) is 0 Å². The van der Waals surface area contributed by atoms with Crippen LogP contribution >= 0.6 is 0 Å². The SMILES string of the molecule is CCCNC(CCCCOC)C1CC1. The molecule has 2 heteroatoms. The van der Waals surface area contributed by atoms with E-state index in [1.54, 1.807) is 7.11 Å². The van der Waals surface area contributed by atoms with Gasteiger partial charge in [0.15, 0.2) is 0 Å². The van der Waals surface area contributed by atoms with Crippen molar-refractivity contribution in [1.82, 2.24) is 5.32 Å². The van der Waals surface area contributed by atoms with Gasteiger partial charge in [-0.1, -0.05) is 6.92 Å². The van der Waals surface area contributed by atoms with Gasteiger partial charge in [-0.25, -0.2) is 0 Å². The zero-order valence-corrected chi connectivity index (χ0v) is 9.72. The molecule has 1 unspecified atom stereocenters. The van der Waals surface area contributed by atoms with E-state index in [0.29, 0.717) is 0 Å². The molecule has 14 heavy (non-hydrogen) atoms. The van der Waals surface area contributed by atoms with Crippen molar-refractivity contribution in [2.24, 2.45) is 5.92 Å². The number of hydrogen-bond donors (Lipinski definition) is 1. The van der Waals surface area contributed by atoms with Gasteiger partial charge in [0.05, 0.1) is 0 Å². The maximum Gasteiger partial charge on any atom is 0.0462 e. The van der Waals surface area contributed by atoms with Crippen LogP contribution in [-0.2, 0) is 4.74 Å². The van der Waals surface area contributed by atoms with Crippen LogP contribution < -0.4 is 5.32 Å². The highest BCUT2D eigenvalue weighted by molar-refractivity contribution is 4.86. The van der Waals surface area contributed by atoms with E-state index in [0.717, 1.165) is 18.6 Å². The van der Waals surface area contributed by atoms with Gasteiger partial charge in [0.2, 0.25) is 0 Å². The van der Waals surface area contributed by atoms with Gasteiger partial charge in [-0.05, 0) is 51.0 Å². The lowest BCUT2D eigenvalue weighted by atomic mass is 10.1. The number of nitrogens with one attached hydrogen (secondary N) is 1. The molecule has 0 bridgehead atoms. The Kier molecular flexibility index (Phi) is 6.20. The van der Waals surface area contributed by atoms with E-state index in [2.05, 4.69) is 12.2 Å². The van der Waals surface area contributed by atoms with Crippen LogP contribution in [0.4, 0.5) is 0 Å². The average Bonchev–Trinajstić information content (AvgIpc) is 3.00. The lowest BCUT2D eigenvalue weighted by Gasteiger charge is -2.17. The summed E-state index contributed by atoms with van der Waals surface area (Å²) in [6.07, 6.45) is 8.02. The summed E-state index contributed by atoms with van der Waals surface area (Å²) < 4.78 is 5.06. The molecule has 0 amide bonds. The summed E-state index contributed by atoms with van der Waals surface area (Å²) in [5.74, 6) is 0.990. The van der Waals surface area contributed by atoms with Crippen molar-refractivity contribution in [3.8, 4) is 0 Å². The van der Waals surface area contributed by atoms with Gasteiger partial charge in [-0.15, -0.1) is 0 Å². The number of ether oxygens (including phenoxy) is 1. The van der Waals surface area contributed by atoms with Crippen LogP contribution in [-0.4, -0.2) is 26.3 Å². The third-order valence-electron chi connectivity index (χ3n) is 2.96. The first-order valence-corrected chi connectivity index (χ1v) is 6.10. The van der Waals surface area contributed by atoms with Crippen LogP contribution in [0, 0.1) is 5.92 Å². The first-order chi connectivity index (χ1) is 6.88. The third-order valence-corrected chi connectivity index (χ3v) is 2.96. The summed E-state index contributed by atoms with van der Waals surface area (Å²) in [5, 5.41) is 3.67. The van der Waals surface area contributed by atoms with Crippen LogP contribution in [0.3, 0.4) is 0 Å². The van der Waals surface area contributed by atoms with Crippen LogP contribution in [0.1, 0.15) is 45.4 Å². The summed E-state index contributed by atoms with van der Waals surface area (Å²) in [4.78, 5) is 0. The Bertz CT molecular complexity index is 134. The maximum atomic E-state index is 5.06. The number of hydrogen-bond acceptors (Lipinski definition) is 2. The van der Waals surface area contributed by atoms with Crippen molar-refractivity contribution in [2.75, 3.05) is 20.3 Å². The minimum atomic E-state index is 0.798. The van der Waals surface area contributed by atoms with Crippen molar-refractivity contribution < 1.29 is 4.74 Å². The minimum Gasteiger partial charge on any atom is -0.385 e. The van der Waals surface area contributed by atoms with Crippen LogP contribution in [0.2, 0.25) is 0 Å². The molecular formula is C12H25NO. The average molecular weight is 199 g/mol. The molecule has 0 aromatic heterocycles. The molecule has 2 nitrogen and oxygen atoms in total. The number of unbranched alkanes of at least 4 members (excludes halogenated alkanes) is 1. The first kappa shape index (κ1) is 12.0. The first-order valence-electron chi connectivity index (χ1n) is 6.10. The number of methoxy groups -OCH3 is 1. The highest BCUT2D eigenvalue weighted by Gasteiger charge is 2.29. The molecule has 1 aliphatic carbocycles. The topological polar surface area (TPSA) is 21.3 Å². The minimum absolute atomic E-state index is 0.798. The Morgan fingerprint density at radius 3 is 2.71 bits per heavy atom. The molecule has 1 saturated carbocycles. The fourth-order valence-electron chi connectivity index (χ4n) is 1.94. The smallest absolute Gasteiger partial charge is 0.0462 e. The Labute approximate surface area is 88.4 Å². The lowest BCUT2D eigenvalue weighted by Crippen LogP contribution is -2.31. The van der Waals surface area contributed by atoms with E-state index in [9.17, 15) is 0 Å². The zero-order chi connectivity index (χ0) is 10.2. The summed E-state index contributed by atoms with van der Waals surface area (Å²) >= 11 is 0. The fourth-order valence-corrected chi connectivity index (χ4v) is 1.94. The van der Waals surface area contributed by atoms with Crippen molar-refractivity contribution in [3.05, 3.63) is 0 Å². The largest absolute Gasteiger partial charge is 0.385 e. The standard InChI is InChI=1S/C12H25NO/c1-3-9-13-12(11-7-8-11)6-4-5-10-14-2/h11-13H,3-10H2,1-2H3. The molecule has 1 fully saturated rings. The quantitative estimate of drug-likeness (QED) is 0.576. The molecule has 1 aliphatic rings. The Hall–Kier alpha value is -0.0800. The van der Waals surface area contributed by atoms with Crippen molar-refractivity contribution in [2.45, 2.75) is 51.5 Å². The monoisotopic (exact) mass is 199 g/mol. The summed E-state index contributed by atoms with van der Waals surface area (Å²) in [7, 11) is 1.79. The van der Waals surface area contributed by atoms with Gasteiger partial charge in [0, 0.05) is 19.8 Å². The normalized spacial score (nSPS) is 18.4. The van der Waals surface area contributed by atoms with Gasteiger partial charge in [-0.2, -0.15) is 0 Å². The molecule has 1 N–H and O–H groups in total. The molecule has 1 atom stereocenters. The molecule has 0 saturated heterocycles. The molecule has 0 aliphatic heterocycles. The second-order valence-electron chi connectivity index (χ2n) is 4.39. The zero-order valence-electron chi connectivity index (χ0n) is 9.72. The van der Waals surface area contributed by atoms with E-state index >= 15 is 0 Å². The van der Waals surface area contributed by atoms with Crippen molar-refractivity contribution >= 4 is 0 Å². The summed E-state index contributed by atoms with van der Waals surface area (Å²) in [6.45, 7) is 4.35. The summed E-state index contributed by atoms with van der Waals surface area (Å²) in [6, 6.07) is 0.798.